The summed E-state index contributed by atoms with van der Waals surface area (Å²) < 4.78 is 0. The molecule has 1 fully saturated rings. The summed E-state index contributed by atoms with van der Waals surface area (Å²) in [6, 6.07) is 7.54. The molecule has 0 radical (unpaired) electrons. The van der Waals surface area contributed by atoms with Crippen molar-refractivity contribution in [1.82, 2.24) is 4.90 Å². The molecule has 108 valence electrons. The van der Waals surface area contributed by atoms with E-state index in [1.807, 2.05) is 35.8 Å². The van der Waals surface area contributed by atoms with Crippen LogP contribution in [0.4, 0.5) is 0 Å². The van der Waals surface area contributed by atoms with E-state index in [9.17, 15) is 4.79 Å². The number of amides is 1. The maximum atomic E-state index is 12.2. The van der Waals surface area contributed by atoms with E-state index < -0.39 is 0 Å². The van der Waals surface area contributed by atoms with Gasteiger partial charge in [0.25, 0.3) is 0 Å². The molecule has 1 aliphatic rings. The minimum atomic E-state index is 0.0722. The molecule has 1 aromatic carbocycles. The van der Waals surface area contributed by atoms with Gasteiger partial charge in [0.2, 0.25) is 5.91 Å². The number of benzene rings is 1. The van der Waals surface area contributed by atoms with Gasteiger partial charge in [-0.05, 0) is 17.7 Å². The summed E-state index contributed by atoms with van der Waals surface area (Å²) >= 11 is 1.90. The number of rotatable bonds is 4. The molecule has 1 aliphatic heterocycles. The Balaban J connectivity index is 1.97. The topological polar surface area (TPSA) is 78.9 Å². The largest absolute Gasteiger partial charge is 0.409 e. The summed E-state index contributed by atoms with van der Waals surface area (Å²) in [4.78, 5) is 14.1. The highest BCUT2D eigenvalue weighted by Crippen LogP contribution is 2.21. The summed E-state index contributed by atoms with van der Waals surface area (Å²) in [6.45, 7) is 0. The summed E-state index contributed by atoms with van der Waals surface area (Å²) in [5.41, 5.74) is 7.07. The molecule has 1 heterocycles. The third-order valence-electron chi connectivity index (χ3n) is 3.56. The molecule has 5 nitrogen and oxygen atoms in total. The standard InChI is InChI=1S/C14H19N3O2S/c1-17(12-6-7-20-9-12)13(18)8-10-2-4-11(5-3-10)14(15)16-19/h2-5,12,19H,6-9H2,1H3,(H2,15,16). The van der Waals surface area contributed by atoms with E-state index >= 15 is 0 Å². The van der Waals surface area contributed by atoms with Gasteiger partial charge >= 0.3 is 0 Å². The zero-order chi connectivity index (χ0) is 14.5. The van der Waals surface area contributed by atoms with Gasteiger partial charge in [-0.1, -0.05) is 29.4 Å². The van der Waals surface area contributed by atoms with Crippen LogP contribution in [-0.2, 0) is 11.2 Å². The minimum Gasteiger partial charge on any atom is -0.409 e. The molecular formula is C14H19N3O2S. The van der Waals surface area contributed by atoms with Gasteiger partial charge in [-0.15, -0.1) is 0 Å². The summed E-state index contributed by atoms with van der Waals surface area (Å²) in [6.07, 6.45) is 1.46. The van der Waals surface area contributed by atoms with E-state index in [4.69, 9.17) is 10.9 Å². The predicted molar refractivity (Wildman–Crippen MR) is 81.2 cm³/mol. The number of amidine groups is 1. The molecule has 0 saturated carbocycles. The number of carbonyl (C=O) groups is 1. The van der Waals surface area contributed by atoms with Crippen LogP contribution in [-0.4, -0.2) is 46.4 Å². The van der Waals surface area contributed by atoms with Gasteiger partial charge in [0.05, 0.1) is 6.42 Å². The van der Waals surface area contributed by atoms with Crippen molar-refractivity contribution in [1.29, 1.82) is 0 Å². The van der Waals surface area contributed by atoms with Crippen LogP contribution in [0.5, 0.6) is 0 Å². The van der Waals surface area contributed by atoms with Crippen LogP contribution in [0.1, 0.15) is 17.5 Å². The first-order valence-electron chi connectivity index (χ1n) is 6.52. The Labute approximate surface area is 122 Å². The van der Waals surface area contributed by atoms with E-state index in [2.05, 4.69) is 5.16 Å². The fraction of sp³-hybridized carbons (Fsp3) is 0.429. The van der Waals surface area contributed by atoms with Gasteiger partial charge in [-0.25, -0.2) is 0 Å². The van der Waals surface area contributed by atoms with Gasteiger partial charge < -0.3 is 15.8 Å². The quantitative estimate of drug-likeness (QED) is 0.379. The van der Waals surface area contributed by atoms with E-state index in [0.29, 0.717) is 18.0 Å². The van der Waals surface area contributed by atoms with Crippen molar-refractivity contribution in [3.63, 3.8) is 0 Å². The van der Waals surface area contributed by atoms with Crippen molar-refractivity contribution in [2.24, 2.45) is 10.9 Å². The lowest BCUT2D eigenvalue weighted by Crippen LogP contribution is -2.37. The third kappa shape index (κ3) is 3.45. The number of likely N-dealkylation sites (N-methyl/N-ethyl adjacent to an activating group) is 1. The Morgan fingerprint density at radius 2 is 2.20 bits per heavy atom. The molecule has 20 heavy (non-hydrogen) atoms. The average molecular weight is 293 g/mol. The molecule has 0 aromatic heterocycles. The normalized spacial score (nSPS) is 19.1. The average Bonchev–Trinajstić information content (AvgIpc) is 3.00. The van der Waals surface area contributed by atoms with Gasteiger partial charge in [-0.3, -0.25) is 4.79 Å². The van der Waals surface area contributed by atoms with E-state index in [1.54, 1.807) is 12.1 Å². The number of nitrogens with two attached hydrogens (primary N) is 1. The number of hydrogen-bond acceptors (Lipinski definition) is 4. The molecule has 3 N–H and O–H groups in total. The van der Waals surface area contributed by atoms with Gasteiger partial charge in [-0.2, -0.15) is 11.8 Å². The van der Waals surface area contributed by atoms with Crippen LogP contribution >= 0.6 is 11.8 Å². The number of hydrogen-bond donors (Lipinski definition) is 2. The van der Waals surface area contributed by atoms with E-state index in [1.165, 1.54) is 0 Å². The molecule has 1 unspecified atom stereocenters. The first-order valence-corrected chi connectivity index (χ1v) is 7.67. The second-order valence-electron chi connectivity index (χ2n) is 4.88. The van der Waals surface area contributed by atoms with Crippen LogP contribution < -0.4 is 5.73 Å². The zero-order valence-corrected chi connectivity index (χ0v) is 12.3. The maximum Gasteiger partial charge on any atom is 0.227 e. The third-order valence-corrected chi connectivity index (χ3v) is 4.70. The second kappa shape index (κ2) is 6.65. The Kier molecular flexibility index (Phi) is 4.89. The Morgan fingerprint density at radius 1 is 1.50 bits per heavy atom. The van der Waals surface area contributed by atoms with Gasteiger partial charge in [0.15, 0.2) is 5.84 Å². The van der Waals surface area contributed by atoms with Gasteiger partial charge in [0, 0.05) is 24.4 Å². The summed E-state index contributed by atoms with van der Waals surface area (Å²) in [7, 11) is 1.88. The summed E-state index contributed by atoms with van der Waals surface area (Å²) in [5, 5.41) is 11.5. The summed E-state index contributed by atoms with van der Waals surface area (Å²) in [5.74, 6) is 2.37. The molecule has 0 spiro atoms. The zero-order valence-electron chi connectivity index (χ0n) is 11.5. The molecule has 1 amide bonds. The minimum absolute atomic E-state index is 0.0722. The van der Waals surface area contributed by atoms with Crippen molar-refractivity contribution >= 4 is 23.5 Å². The molecule has 1 saturated heterocycles. The lowest BCUT2D eigenvalue weighted by molar-refractivity contribution is -0.130. The van der Waals surface area contributed by atoms with Crippen molar-refractivity contribution in [3.05, 3.63) is 35.4 Å². The van der Waals surface area contributed by atoms with Crippen LogP contribution in [0.3, 0.4) is 0 Å². The van der Waals surface area contributed by atoms with Crippen molar-refractivity contribution in [2.75, 3.05) is 18.6 Å². The lowest BCUT2D eigenvalue weighted by atomic mass is 10.1. The fourth-order valence-electron chi connectivity index (χ4n) is 2.18. The highest BCUT2D eigenvalue weighted by atomic mass is 32.2. The number of nitrogens with zero attached hydrogens (tertiary/aromatic N) is 2. The van der Waals surface area contributed by atoms with Crippen LogP contribution in [0.25, 0.3) is 0 Å². The molecule has 6 heteroatoms. The monoisotopic (exact) mass is 293 g/mol. The molecule has 1 aromatic rings. The van der Waals surface area contributed by atoms with Crippen molar-refractivity contribution in [3.8, 4) is 0 Å². The molecule has 0 bridgehead atoms. The van der Waals surface area contributed by atoms with E-state index in [-0.39, 0.29) is 11.7 Å². The highest BCUT2D eigenvalue weighted by Gasteiger charge is 2.23. The smallest absolute Gasteiger partial charge is 0.227 e. The SMILES string of the molecule is CN(C(=O)Cc1ccc(C(N)=NO)cc1)C1CCSC1. The predicted octanol–water partition coefficient (Wildman–Crippen LogP) is 1.29. The Morgan fingerprint density at radius 3 is 2.75 bits per heavy atom. The Hall–Kier alpha value is -1.69. The van der Waals surface area contributed by atoms with E-state index in [0.717, 1.165) is 23.5 Å². The van der Waals surface area contributed by atoms with Crippen molar-refractivity contribution < 1.29 is 10.0 Å². The molecular weight excluding hydrogens is 274 g/mol. The molecule has 0 aliphatic carbocycles. The number of carbonyl (C=O) groups excluding carboxylic acids is 1. The number of oxime groups is 1. The molecule has 2 rings (SSSR count). The van der Waals surface area contributed by atoms with Crippen molar-refractivity contribution in [2.45, 2.75) is 18.9 Å². The lowest BCUT2D eigenvalue weighted by Gasteiger charge is -2.23. The van der Waals surface area contributed by atoms with Crippen LogP contribution in [0, 0.1) is 0 Å². The first kappa shape index (κ1) is 14.7. The highest BCUT2D eigenvalue weighted by molar-refractivity contribution is 7.99. The van der Waals surface area contributed by atoms with Crippen LogP contribution in [0.15, 0.2) is 29.4 Å². The van der Waals surface area contributed by atoms with Crippen LogP contribution in [0.2, 0.25) is 0 Å². The number of thioether (sulfide) groups is 1. The maximum absolute atomic E-state index is 12.2. The first-order chi connectivity index (χ1) is 9.61. The Bertz CT molecular complexity index is 496. The molecule has 1 atom stereocenters. The fourth-order valence-corrected chi connectivity index (χ4v) is 3.45. The van der Waals surface area contributed by atoms with Gasteiger partial charge in [0.1, 0.15) is 0 Å². The second-order valence-corrected chi connectivity index (χ2v) is 6.03.